The van der Waals surface area contributed by atoms with E-state index in [0.717, 1.165) is 12.0 Å². The second-order valence-corrected chi connectivity index (χ2v) is 9.48. The zero-order valence-electron chi connectivity index (χ0n) is 16.3. The van der Waals surface area contributed by atoms with Gasteiger partial charge in [0.2, 0.25) is 0 Å². The van der Waals surface area contributed by atoms with Gasteiger partial charge in [0.1, 0.15) is 0 Å². The van der Waals surface area contributed by atoms with Gasteiger partial charge in [-0.25, -0.2) is 0 Å². The van der Waals surface area contributed by atoms with Gasteiger partial charge in [-0.05, 0) is 55.1 Å². The maximum Gasteiger partial charge on any atom is 0.0402 e. The molecule has 1 aromatic rings. The lowest BCUT2D eigenvalue weighted by Crippen LogP contribution is -2.50. The van der Waals surface area contributed by atoms with E-state index in [1.54, 1.807) is 5.56 Å². The Morgan fingerprint density at radius 2 is 1.60 bits per heavy atom. The molecule has 1 aromatic carbocycles. The number of rotatable bonds is 3. The summed E-state index contributed by atoms with van der Waals surface area (Å²) in [7, 11) is 0. The van der Waals surface area contributed by atoms with Crippen LogP contribution in [0.1, 0.15) is 76.7 Å². The molecule has 1 heterocycles. The average Bonchev–Trinajstić information content (AvgIpc) is 3.16. The van der Waals surface area contributed by atoms with Gasteiger partial charge in [-0.2, -0.15) is 0 Å². The fraction of sp³-hybridized carbons (Fsp3) is 0.739. The van der Waals surface area contributed by atoms with E-state index in [4.69, 9.17) is 0 Å². The number of nitrogens with zero attached hydrogens (tertiary/aromatic N) is 2. The Bertz CT molecular complexity index is 565. The van der Waals surface area contributed by atoms with Crippen LogP contribution in [0.15, 0.2) is 24.3 Å². The van der Waals surface area contributed by atoms with Crippen molar-refractivity contribution in [2.45, 2.75) is 77.2 Å². The molecule has 1 atom stereocenters. The maximum absolute atomic E-state index is 2.77. The van der Waals surface area contributed by atoms with Gasteiger partial charge in [0, 0.05) is 37.9 Å². The molecular formula is C23H36N2. The third kappa shape index (κ3) is 3.89. The molecular weight excluding hydrogens is 304 g/mol. The minimum Gasteiger partial charge on any atom is -0.369 e. The van der Waals surface area contributed by atoms with Gasteiger partial charge in [-0.3, -0.25) is 4.90 Å². The van der Waals surface area contributed by atoms with Crippen LogP contribution in [-0.4, -0.2) is 37.1 Å². The molecule has 0 N–H and O–H groups in total. The van der Waals surface area contributed by atoms with Crippen molar-refractivity contribution in [2.24, 2.45) is 5.41 Å². The first-order valence-corrected chi connectivity index (χ1v) is 10.7. The minimum atomic E-state index is 0.511. The van der Waals surface area contributed by atoms with Crippen LogP contribution in [0.4, 0.5) is 5.69 Å². The lowest BCUT2D eigenvalue weighted by molar-refractivity contribution is 0.187. The Balaban J connectivity index is 1.46. The highest BCUT2D eigenvalue weighted by Crippen LogP contribution is 2.45. The van der Waals surface area contributed by atoms with E-state index >= 15 is 0 Å². The first kappa shape index (κ1) is 17.4. The predicted octanol–water partition coefficient (Wildman–Crippen LogP) is 5.44. The van der Waals surface area contributed by atoms with Crippen molar-refractivity contribution in [3.63, 3.8) is 0 Å². The summed E-state index contributed by atoms with van der Waals surface area (Å²) in [6.07, 6.45) is 11.3. The van der Waals surface area contributed by atoms with Crippen molar-refractivity contribution >= 4 is 5.69 Å². The van der Waals surface area contributed by atoms with Gasteiger partial charge < -0.3 is 4.90 Å². The molecule has 0 radical (unpaired) electrons. The number of hydrogen-bond donors (Lipinski definition) is 0. The second-order valence-electron chi connectivity index (χ2n) is 9.48. The molecule has 1 unspecified atom stereocenters. The molecule has 25 heavy (non-hydrogen) atoms. The molecule has 2 saturated carbocycles. The summed E-state index contributed by atoms with van der Waals surface area (Å²) in [6, 6.07) is 10.2. The molecule has 4 rings (SSSR count). The van der Waals surface area contributed by atoms with Gasteiger partial charge in [0.15, 0.2) is 0 Å². The van der Waals surface area contributed by atoms with Crippen LogP contribution in [0.2, 0.25) is 0 Å². The summed E-state index contributed by atoms with van der Waals surface area (Å²) >= 11 is 0. The standard InChI is InChI=1S/C23H36N2/c1-23(2)13-7-8-19(18-23)21-11-5-6-12-22(21)25-16-14-24(15-17-25)20-9-3-4-10-20/h5-6,11-12,19-20H,3-4,7-10,13-18H2,1-2H3. The van der Waals surface area contributed by atoms with Gasteiger partial charge in [-0.1, -0.05) is 51.3 Å². The predicted molar refractivity (Wildman–Crippen MR) is 107 cm³/mol. The summed E-state index contributed by atoms with van der Waals surface area (Å²) < 4.78 is 0. The van der Waals surface area contributed by atoms with Crippen molar-refractivity contribution in [2.75, 3.05) is 31.1 Å². The molecule has 0 amide bonds. The Labute approximate surface area is 154 Å². The summed E-state index contributed by atoms with van der Waals surface area (Å²) in [4.78, 5) is 5.46. The monoisotopic (exact) mass is 340 g/mol. The number of benzene rings is 1. The number of hydrogen-bond acceptors (Lipinski definition) is 2. The molecule has 0 bridgehead atoms. The molecule has 3 aliphatic rings. The van der Waals surface area contributed by atoms with E-state index in [-0.39, 0.29) is 0 Å². The highest BCUT2D eigenvalue weighted by Gasteiger charge is 2.32. The molecule has 2 heteroatoms. The Morgan fingerprint density at radius 1 is 0.880 bits per heavy atom. The van der Waals surface area contributed by atoms with Crippen LogP contribution in [0.25, 0.3) is 0 Å². The summed E-state index contributed by atoms with van der Waals surface area (Å²) in [6.45, 7) is 9.86. The van der Waals surface area contributed by atoms with Crippen molar-refractivity contribution < 1.29 is 0 Å². The van der Waals surface area contributed by atoms with Crippen molar-refractivity contribution in [3.8, 4) is 0 Å². The number of para-hydroxylation sites is 1. The average molecular weight is 341 g/mol. The Kier molecular flexibility index (Phi) is 5.08. The van der Waals surface area contributed by atoms with E-state index in [0.29, 0.717) is 5.41 Å². The zero-order valence-corrected chi connectivity index (χ0v) is 16.3. The summed E-state index contributed by atoms with van der Waals surface area (Å²) in [5.74, 6) is 0.757. The molecule has 3 fully saturated rings. The molecule has 138 valence electrons. The van der Waals surface area contributed by atoms with Crippen molar-refractivity contribution in [3.05, 3.63) is 29.8 Å². The van der Waals surface area contributed by atoms with Gasteiger partial charge in [0.25, 0.3) is 0 Å². The van der Waals surface area contributed by atoms with Crippen molar-refractivity contribution in [1.29, 1.82) is 0 Å². The molecule has 0 spiro atoms. The number of anilines is 1. The van der Waals surface area contributed by atoms with Crippen LogP contribution in [-0.2, 0) is 0 Å². The zero-order chi connectivity index (χ0) is 17.3. The molecule has 2 nitrogen and oxygen atoms in total. The van der Waals surface area contributed by atoms with Crippen LogP contribution < -0.4 is 4.90 Å². The van der Waals surface area contributed by atoms with Crippen LogP contribution in [0.3, 0.4) is 0 Å². The van der Waals surface area contributed by atoms with Crippen LogP contribution >= 0.6 is 0 Å². The molecule has 1 saturated heterocycles. The van der Waals surface area contributed by atoms with E-state index in [1.165, 1.54) is 83.2 Å². The highest BCUT2D eigenvalue weighted by molar-refractivity contribution is 5.55. The lowest BCUT2D eigenvalue weighted by Gasteiger charge is -2.41. The topological polar surface area (TPSA) is 6.48 Å². The maximum atomic E-state index is 2.77. The van der Waals surface area contributed by atoms with Crippen LogP contribution in [0.5, 0.6) is 0 Å². The van der Waals surface area contributed by atoms with E-state index in [2.05, 4.69) is 47.9 Å². The lowest BCUT2D eigenvalue weighted by atomic mass is 9.70. The second kappa shape index (κ2) is 7.31. The van der Waals surface area contributed by atoms with Gasteiger partial charge >= 0.3 is 0 Å². The SMILES string of the molecule is CC1(C)CCCC(c2ccccc2N2CCN(C3CCCC3)CC2)C1. The minimum absolute atomic E-state index is 0.511. The van der Waals surface area contributed by atoms with Crippen molar-refractivity contribution in [1.82, 2.24) is 4.90 Å². The summed E-state index contributed by atoms with van der Waals surface area (Å²) in [5.41, 5.74) is 3.68. The summed E-state index contributed by atoms with van der Waals surface area (Å²) in [5, 5.41) is 0. The third-order valence-corrected chi connectivity index (χ3v) is 7.08. The highest BCUT2D eigenvalue weighted by atomic mass is 15.3. The van der Waals surface area contributed by atoms with Gasteiger partial charge in [-0.15, -0.1) is 0 Å². The third-order valence-electron chi connectivity index (χ3n) is 7.08. The smallest absolute Gasteiger partial charge is 0.0402 e. The Morgan fingerprint density at radius 3 is 2.32 bits per heavy atom. The quantitative estimate of drug-likeness (QED) is 0.723. The molecule has 0 aromatic heterocycles. The molecule has 1 aliphatic heterocycles. The van der Waals surface area contributed by atoms with E-state index < -0.39 is 0 Å². The fourth-order valence-corrected chi connectivity index (χ4v) is 5.68. The fourth-order valence-electron chi connectivity index (χ4n) is 5.68. The largest absolute Gasteiger partial charge is 0.369 e. The normalized spacial score (nSPS) is 28.4. The first-order chi connectivity index (χ1) is 12.1. The van der Waals surface area contributed by atoms with E-state index in [1.807, 2.05) is 0 Å². The Hall–Kier alpha value is -1.02. The van der Waals surface area contributed by atoms with Crippen LogP contribution in [0, 0.1) is 5.41 Å². The molecule has 2 aliphatic carbocycles. The number of piperazine rings is 1. The van der Waals surface area contributed by atoms with E-state index in [9.17, 15) is 0 Å². The first-order valence-electron chi connectivity index (χ1n) is 10.7. The van der Waals surface area contributed by atoms with Gasteiger partial charge in [0.05, 0.1) is 0 Å².